The van der Waals surface area contributed by atoms with Crippen LogP contribution < -0.4 is 16.0 Å². The van der Waals surface area contributed by atoms with Crippen molar-refractivity contribution in [2.24, 2.45) is 0 Å². The number of carbonyl (C=O) groups is 1. The van der Waals surface area contributed by atoms with Crippen LogP contribution in [-0.2, 0) is 11.2 Å². The molecule has 19 heavy (non-hydrogen) atoms. The van der Waals surface area contributed by atoms with Crippen molar-refractivity contribution < 1.29 is 4.79 Å². The van der Waals surface area contributed by atoms with Gasteiger partial charge in [-0.2, -0.15) is 11.8 Å². The standard InChI is InChI=1S/C14H19N3OS/c1-17(10-4-5-19-8-10)13-6-9-2-3-14(18)16-12(9)7-11(13)15/h6-7,10H,2-5,8,15H2,1H3,(H,16,18). The number of thioether (sulfide) groups is 1. The van der Waals surface area contributed by atoms with E-state index in [1.165, 1.54) is 23.5 Å². The maximum absolute atomic E-state index is 11.4. The molecule has 102 valence electrons. The second-order valence-corrected chi connectivity index (χ2v) is 6.39. The molecule has 3 N–H and O–H groups in total. The molecular formula is C14H19N3OS. The Labute approximate surface area is 117 Å². The van der Waals surface area contributed by atoms with Crippen molar-refractivity contribution in [3.8, 4) is 0 Å². The van der Waals surface area contributed by atoms with Crippen LogP contribution in [0.4, 0.5) is 17.1 Å². The molecule has 1 aromatic carbocycles. The van der Waals surface area contributed by atoms with Crippen molar-refractivity contribution >= 4 is 34.7 Å². The number of nitrogens with one attached hydrogen (secondary N) is 1. The van der Waals surface area contributed by atoms with Crippen LogP contribution in [0.1, 0.15) is 18.4 Å². The number of benzene rings is 1. The summed E-state index contributed by atoms with van der Waals surface area (Å²) in [5.74, 6) is 2.49. The zero-order valence-electron chi connectivity index (χ0n) is 11.1. The van der Waals surface area contributed by atoms with E-state index >= 15 is 0 Å². The molecule has 1 fully saturated rings. The highest BCUT2D eigenvalue weighted by Crippen LogP contribution is 2.35. The van der Waals surface area contributed by atoms with E-state index in [0.717, 1.165) is 23.5 Å². The van der Waals surface area contributed by atoms with Crippen molar-refractivity contribution in [3.63, 3.8) is 0 Å². The Hall–Kier alpha value is -1.36. The maximum atomic E-state index is 11.4. The molecule has 2 aliphatic heterocycles. The molecule has 1 aromatic rings. The Morgan fingerprint density at radius 2 is 2.26 bits per heavy atom. The number of hydrogen-bond donors (Lipinski definition) is 2. The molecule has 5 heteroatoms. The van der Waals surface area contributed by atoms with Gasteiger partial charge < -0.3 is 16.0 Å². The molecule has 1 atom stereocenters. The van der Waals surface area contributed by atoms with Crippen molar-refractivity contribution in [3.05, 3.63) is 17.7 Å². The van der Waals surface area contributed by atoms with Gasteiger partial charge in [-0.3, -0.25) is 4.79 Å². The number of nitrogens with two attached hydrogens (primary N) is 1. The quantitative estimate of drug-likeness (QED) is 0.813. The lowest BCUT2D eigenvalue weighted by Crippen LogP contribution is -2.32. The summed E-state index contributed by atoms with van der Waals surface area (Å²) in [6.45, 7) is 0. The molecule has 0 aliphatic carbocycles. The molecule has 4 nitrogen and oxygen atoms in total. The van der Waals surface area contributed by atoms with E-state index in [4.69, 9.17) is 5.73 Å². The van der Waals surface area contributed by atoms with Gasteiger partial charge in [0.2, 0.25) is 5.91 Å². The van der Waals surface area contributed by atoms with E-state index in [1.807, 2.05) is 17.8 Å². The third kappa shape index (κ3) is 2.39. The third-order valence-corrected chi connectivity index (χ3v) is 5.13. The summed E-state index contributed by atoms with van der Waals surface area (Å²) in [6, 6.07) is 4.62. The van der Waals surface area contributed by atoms with Gasteiger partial charge in [-0.15, -0.1) is 0 Å². The van der Waals surface area contributed by atoms with E-state index < -0.39 is 0 Å². The number of rotatable bonds is 2. The van der Waals surface area contributed by atoms with Gasteiger partial charge in [-0.1, -0.05) is 0 Å². The molecule has 0 aromatic heterocycles. The summed E-state index contributed by atoms with van der Waals surface area (Å²) < 4.78 is 0. The second kappa shape index (κ2) is 4.96. The highest BCUT2D eigenvalue weighted by atomic mass is 32.2. The molecule has 3 rings (SSSR count). The molecule has 1 amide bonds. The topological polar surface area (TPSA) is 58.4 Å². The Bertz CT molecular complexity index is 512. The zero-order chi connectivity index (χ0) is 13.4. The third-order valence-electron chi connectivity index (χ3n) is 3.98. The van der Waals surface area contributed by atoms with Gasteiger partial charge in [-0.25, -0.2) is 0 Å². The van der Waals surface area contributed by atoms with Gasteiger partial charge in [0, 0.05) is 31.0 Å². The fourth-order valence-electron chi connectivity index (χ4n) is 2.76. The van der Waals surface area contributed by atoms with Crippen LogP contribution in [0.15, 0.2) is 12.1 Å². The first kappa shape index (κ1) is 12.7. The van der Waals surface area contributed by atoms with E-state index in [1.54, 1.807) is 0 Å². The van der Waals surface area contributed by atoms with Crippen molar-refractivity contribution in [1.82, 2.24) is 0 Å². The molecule has 2 aliphatic rings. The molecule has 0 spiro atoms. The molecule has 0 radical (unpaired) electrons. The SMILES string of the molecule is CN(c1cc2c(cc1N)NC(=O)CC2)C1CCSC1. The van der Waals surface area contributed by atoms with E-state index in [2.05, 4.69) is 23.3 Å². The first-order valence-corrected chi connectivity index (χ1v) is 7.83. The monoisotopic (exact) mass is 277 g/mol. The fourth-order valence-corrected chi connectivity index (χ4v) is 4.03. The summed E-state index contributed by atoms with van der Waals surface area (Å²) in [4.78, 5) is 13.7. The van der Waals surface area contributed by atoms with E-state index in [-0.39, 0.29) is 5.91 Å². The minimum atomic E-state index is 0.0835. The van der Waals surface area contributed by atoms with Crippen LogP contribution in [0, 0.1) is 0 Å². The summed E-state index contributed by atoms with van der Waals surface area (Å²) >= 11 is 2.00. The number of nitrogens with zero attached hydrogens (tertiary/aromatic N) is 1. The van der Waals surface area contributed by atoms with Gasteiger partial charge in [0.25, 0.3) is 0 Å². The maximum Gasteiger partial charge on any atom is 0.224 e. The predicted molar refractivity (Wildman–Crippen MR) is 81.9 cm³/mol. The summed E-state index contributed by atoms with van der Waals surface area (Å²) in [5, 5.41) is 2.89. The second-order valence-electron chi connectivity index (χ2n) is 5.24. The molecule has 2 heterocycles. The number of amides is 1. The van der Waals surface area contributed by atoms with Crippen molar-refractivity contribution in [1.29, 1.82) is 0 Å². The van der Waals surface area contributed by atoms with Crippen molar-refractivity contribution in [2.45, 2.75) is 25.3 Å². The van der Waals surface area contributed by atoms with Crippen LogP contribution in [0.25, 0.3) is 0 Å². The summed E-state index contributed by atoms with van der Waals surface area (Å²) in [5.41, 5.74) is 10.1. The largest absolute Gasteiger partial charge is 0.397 e. The van der Waals surface area contributed by atoms with Crippen LogP contribution in [0.5, 0.6) is 0 Å². The number of nitrogen functional groups attached to an aromatic ring is 1. The molecule has 0 saturated carbocycles. The van der Waals surface area contributed by atoms with Crippen LogP contribution in [0.3, 0.4) is 0 Å². The number of aryl methyl sites for hydroxylation is 1. The minimum absolute atomic E-state index is 0.0835. The smallest absolute Gasteiger partial charge is 0.224 e. The predicted octanol–water partition coefficient (Wildman–Crippen LogP) is 2.10. The minimum Gasteiger partial charge on any atom is -0.397 e. The summed E-state index contributed by atoms with van der Waals surface area (Å²) in [7, 11) is 2.12. The molecule has 1 saturated heterocycles. The molecule has 0 bridgehead atoms. The molecule has 1 unspecified atom stereocenters. The van der Waals surface area contributed by atoms with Gasteiger partial charge in [0.1, 0.15) is 0 Å². The van der Waals surface area contributed by atoms with Crippen molar-refractivity contribution in [2.75, 3.05) is 34.5 Å². The lowest BCUT2D eigenvalue weighted by molar-refractivity contribution is -0.116. The Balaban J connectivity index is 1.91. The lowest BCUT2D eigenvalue weighted by atomic mass is 10.0. The van der Waals surface area contributed by atoms with Crippen LogP contribution in [-0.4, -0.2) is 30.5 Å². The number of carbonyl (C=O) groups excluding carboxylic acids is 1. The lowest BCUT2D eigenvalue weighted by Gasteiger charge is -2.29. The first-order valence-electron chi connectivity index (χ1n) is 6.68. The number of anilines is 3. The Kier molecular flexibility index (Phi) is 3.31. The van der Waals surface area contributed by atoms with Gasteiger partial charge in [0.15, 0.2) is 0 Å². The van der Waals surface area contributed by atoms with Gasteiger partial charge in [-0.05, 0) is 36.3 Å². The molecular weight excluding hydrogens is 258 g/mol. The van der Waals surface area contributed by atoms with Crippen LogP contribution >= 0.6 is 11.8 Å². The Morgan fingerprint density at radius 1 is 1.42 bits per heavy atom. The average Bonchev–Trinajstić information content (AvgIpc) is 2.91. The van der Waals surface area contributed by atoms with Crippen LogP contribution in [0.2, 0.25) is 0 Å². The average molecular weight is 277 g/mol. The first-order chi connectivity index (χ1) is 9.15. The normalized spacial score (nSPS) is 21.9. The Morgan fingerprint density at radius 3 is 3.00 bits per heavy atom. The highest BCUT2D eigenvalue weighted by molar-refractivity contribution is 7.99. The number of hydrogen-bond acceptors (Lipinski definition) is 4. The zero-order valence-corrected chi connectivity index (χ0v) is 11.9. The van der Waals surface area contributed by atoms with E-state index in [9.17, 15) is 4.79 Å². The number of fused-ring (bicyclic) bond motifs is 1. The van der Waals surface area contributed by atoms with Gasteiger partial charge in [0.05, 0.1) is 11.4 Å². The fraction of sp³-hybridized carbons (Fsp3) is 0.500. The van der Waals surface area contributed by atoms with Gasteiger partial charge >= 0.3 is 0 Å². The van der Waals surface area contributed by atoms with E-state index in [0.29, 0.717) is 12.5 Å². The summed E-state index contributed by atoms with van der Waals surface area (Å²) in [6.07, 6.45) is 2.59. The highest BCUT2D eigenvalue weighted by Gasteiger charge is 2.23.